The van der Waals surface area contributed by atoms with Gasteiger partial charge >= 0.3 is 0 Å². The number of benzene rings is 1. The molecule has 0 aliphatic heterocycles. The lowest BCUT2D eigenvalue weighted by atomic mass is 10.1. The molecule has 1 aromatic rings. The normalized spacial score (nSPS) is 10.0. The first kappa shape index (κ1) is 11.2. The van der Waals surface area contributed by atoms with E-state index in [1.165, 1.54) is 19.2 Å². The highest BCUT2D eigenvalue weighted by molar-refractivity contribution is 9.10. The van der Waals surface area contributed by atoms with Crippen molar-refractivity contribution in [1.82, 2.24) is 0 Å². The van der Waals surface area contributed by atoms with Crippen LogP contribution in [-0.2, 0) is 0 Å². The van der Waals surface area contributed by atoms with Crippen molar-refractivity contribution in [3.05, 3.63) is 28.0 Å². The van der Waals surface area contributed by atoms with E-state index in [1.54, 1.807) is 6.92 Å². The average molecular weight is 261 g/mol. The summed E-state index contributed by atoms with van der Waals surface area (Å²) in [6.45, 7) is 1.72. The molecule has 0 radical (unpaired) electrons. The fraction of sp³-hybridized carbons (Fsp3) is 0.300. The predicted octanol–water partition coefficient (Wildman–Crippen LogP) is 3.19. The van der Waals surface area contributed by atoms with Crippen molar-refractivity contribution >= 4 is 21.7 Å². The van der Waals surface area contributed by atoms with Gasteiger partial charge in [-0.25, -0.2) is 4.39 Å². The predicted molar refractivity (Wildman–Crippen MR) is 55.3 cm³/mol. The van der Waals surface area contributed by atoms with Crippen molar-refractivity contribution < 1.29 is 13.9 Å². The zero-order valence-corrected chi connectivity index (χ0v) is 9.52. The summed E-state index contributed by atoms with van der Waals surface area (Å²) < 4.78 is 18.5. The van der Waals surface area contributed by atoms with Gasteiger partial charge in [-0.05, 0) is 28.1 Å². The second-order valence-electron chi connectivity index (χ2n) is 2.75. The van der Waals surface area contributed by atoms with Gasteiger partial charge in [0, 0.05) is 6.42 Å². The fourth-order valence-corrected chi connectivity index (χ4v) is 1.76. The number of carbonyl (C=O) groups is 1. The summed E-state index contributed by atoms with van der Waals surface area (Å²) in [6, 6.07) is 2.46. The Hall–Kier alpha value is -0.900. The number of hydrogen-bond donors (Lipinski definition) is 0. The van der Waals surface area contributed by atoms with Crippen LogP contribution in [0.4, 0.5) is 4.39 Å². The molecule has 0 fully saturated rings. The fourth-order valence-electron chi connectivity index (χ4n) is 1.17. The summed E-state index contributed by atoms with van der Waals surface area (Å²) in [7, 11) is 1.45. The Morgan fingerprint density at radius 1 is 1.57 bits per heavy atom. The number of carbonyl (C=O) groups excluding carboxylic acids is 1. The summed E-state index contributed by atoms with van der Waals surface area (Å²) in [6.07, 6.45) is 0.326. The van der Waals surface area contributed by atoms with E-state index in [0.717, 1.165) is 0 Å². The molecular weight excluding hydrogens is 251 g/mol. The number of methoxy groups -OCH3 is 1. The SMILES string of the molecule is CCC(=O)c1cc(F)cc(Br)c1OC. The molecule has 0 atom stereocenters. The molecular formula is C10H10BrFO2. The Morgan fingerprint density at radius 3 is 2.71 bits per heavy atom. The van der Waals surface area contributed by atoms with Gasteiger partial charge in [-0.2, -0.15) is 0 Å². The lowest BCUT2D eigenvalue weighted by Gasteiger charge is -2.08. The molecule has 1 rings (SSSR count). The quantitative estimate of drug-likeness (QED) is 0.781. The molecule has 0 bridgehead atoms. The number of ether oxygens (including phenoxy) is 1. The molecule has 0 unspecified atom stereocenters. The summed E-state index contributed by atoms with van der Waals surface area (Å²) in [5.41, 5.74) is 0.280. The topological polar surface area (TPSA) is 26.3 Å². The van der Waals surface area contributed by atoms with Crippen molar-refractivity contribution in [2.24, 2.45) is 0 Å². The smallest absolute Gasteiger partial charge is 0.166 e. The van der Waals surface area contributed by atoms with Crippen LogP contribution in [0.5, 0.6) is 5.75 Å². The molecule has 0 aliphatic rings. The first-order valence-electron chi connectivity index (χ1n) is 4.16. The van der Waals surface area contributed by atoms with E-state index in [4.69, 9.17) is 4.74 Å². The van der Waals surface area contributed by atoms with Crippen LogP contribution in [0.2, 0.25) is 0 Å². The molecule has 0 N–H and O–H groups in total. The maximum Gasteiger partial charge on any atom is 0.166 e. The van der Waals surface area contributed by atoms with Gasteiger partial charge in [0.2, 0.25) is 0 Å². The number of hydrogen-bond acceptors (Lipinski definition) is 2. The van der Waals surface area contributed by atoms with Gasteiger partial charge in [-0.1, -0.05) is 6.92 Å². The molecule has 2 nitrogen and oxygen atoms in total. The lowest BCUT2D eigenvalue weighted by molar-refractivity contribution is 0.0984. The van der Waals surface area contributed by atoms with E-state index >= 15 is 0 Å². The van der Waals surface area contributed by atoms with Gasteiger partial charge in [0.15, 0.2) is 5.78 Å². The second-order valence-corrected chi connectivity index (χ2v) is 3.60. The molecule has 0 spiro atoms. The number of Topliss-reactive ketones (excluding diaryl/α,β-unsaturated/α-hetero) is 1. The minimum absolute atomic E-state index is 0.137. The van der Waals surface area contributed by atoms with E-state index in [0.29, 0.717) is 16.6 Å². The Morgan fingerprint density at radius 2 is 2.21 bits per heavy atom. The van der Waals surface area contributed by atoms with E-state index in [-0.39, 0.29) is 11.3 Å². The first-order valence-corrected chi connectivity index (χ1v) is 4.95. The molecule has 0 saturated carbocycles. The first-order chi connectivity index (χ1) is 6.60. The highest BCUT2D eigenvalue weighted by Gasteiger charge is 2.15. The maximum atomic E-state index is 13.0. The van der Waals surface area contributed by atoms with Crippen LogP contribution >= 0.6 is 15.9 Å². The van der Waals surface area contributed by atoms with Gasteiger partial charge in [0.05, 0.1) is 17.1 Å². The standard InChI is InChI=1S/C10H10BrFO2/c1-3-9(13)7-4-6(12)5-8(11)10(7)14-2/h4-5H,3H2,1-2H3. The van der Waals surface area contributed by atoms with Crippen molar-refractivity contribution in [1.29, 1.82) is 0 Å². The Labute approximate surface area is 90.2 Å². The minimum atomic E-state index is -0.450. The van der Waals surface area contributed by atoms with E-state index < -0.39 is 5.82 Å². The third kappa shape index (κ3) is 2.12. The molecule has 0 amide bonds. The zero-order chi connectivity index (χ0) is 10.7. The summed E-state index contributed by atoms with van der Waals surface area (Å²) >= 11 is 3.14. The third-order valence-electron chi connectivity index (χ3n) is 1.83. The minimum Gasteiger partial charge on any atom is -0.495 e. The van der Waals surface area contributed by atoms with Crippen LogP contribution in [0.25, 0.3) is 0 Å². The average Bonchev–Trinajstić information content (AvgIpc) is 2.15. The highest BCUT2D eigenvalue weighted by atomic mass is 79.9. The number of rotatable bonds is 3. The number of halogens is 2. The lowest BCUT2D eigenvalue weighted by Crippen LogP contribution is -2.02. The highest BCUT2D eigenvalue weighted by Crippen LogP contribution is 2.30. The molecule has 0 saturated heterocycles. The molecule has 0 aromatic heterocycles. The van der Waals surface area contributed by atoms with Crippen LogP contribution in [-0.4, -0.2) is 12.9 Å². The molecule has 4 heteroatoms. The van der Waals surface area contributed by atoms with Crippen LogP contribution in [0.15, 0.2) is 16.6 Å². The Kier molecular flexibility index (Phi) is 3.63. The zero-order valence-electron chi connectivity index (χ0n) is 7.93. The summed E-state index contributed by atoms with van der Waals surface area (Å²) in [4.78, 5) is 11.4. The summed E-state index contributed by atoms with van der Waals surface area (Å²) in [5, 5.41) is 0. The largest absolute Gasteiger partial charge is 0.495 e. The monoisotopic (exact) mass is 260 g/mol. The van der Waals surface area contributed by atoms with Crippen LogP contribution in [0.3, 0.4) is 0 Å². The summed E-state index contributed by atoms with van der Waals surface area (Å²) in [5.74, 6) is -0.199. The van der Waals surface area contributed by atoms with Gasteiger partial charge in [0.1, 0.15) is 11.6 Å². The van der Waals surface area contributed by atoms with Crippen molar-refractivity contribution in [2.45, 2.75) is 13.3 Å². The van der Waals surface area contributed by atoms with Gasteiger partial charge in [-0.15, -0.1) is 0 Å². The van der Waals surface area contributed by atoms with Crippen molar-refractivity contribution in [2.75, 3.05) is 7.11 Å². The third-order valence-corrected chi connectivity index (χ3v) is 2.42. The van der Waals surface area contributed by atoms with E-state index in [1.807, 2.05) is 0 Å². The van der Waals surface area contributed by atoms with Gasteiger partial charge in [0.25, 0.3) is 0 Å². The second kappa shape index (κ2) is 4.55. The van der Waals surface area contributed by atoms with E-state index in [2.05, 4.69) is 15.9 Å². The Balaban J connectivity index is 3.32. The van der Waals surface area contributed by atoms with Gasteiger partial charge < -0.3 is 4.74 Å². The molecule has 14 heavy (non-hydrogen) atoms. The van der Waals surface area contributed by atoms with Crippen LogP contribution in [0.1, 0.15) is 23.7 Å². The van der Waals surface area contributed by atoms with Crippen molar-refractivity contribution in [3.8, 4) is 5.75 Å². The molecule has 1 aromatic carbocycles. The van der Waals surface area contributed by atoms with Crippen LogP contribution < -0.4 is 4.74 Å². The van der Waals surface area contributed by atoms with Gasteiger partial charge in [-0.3, -0.25) is 4.79 Å². The molecule has 0 aliphatic carbocycles. The Bertz CT molecular complexity index is 363. The maximum absolute atomic E-state index is 13.0. The van der Waals surface area contributed by atoms with E-state index in [9.17, 15) is 9.18 Å². The van der Waals surface area contributed by atoms with Crippen molar-refractivity contribution in [3.63, 3.8) is 0 Å². The molecule has 0 heterocycles. The molecule has 76 valence electrons. The number of ketones is 1. The van der Waals surface area contributed by atoms with Crippen LogP contribution in [0, 0.1) is 5.82 Å².